The Morgan fingerprint density at radius 3 is 2.47 bits per heavy atom. The maximum Gasteiger partial charge on any atom is 0.235 e. The maximum absolute atomic E-state index is 12.4. The molecule has 0 radical (unpaired) electrons. The summed E-state index contributed by atoms with van der Waals surface area (Å²) in [6.45, 7) is 2.03. The Morgan fingerprint density at radius 1 is 1.06 bits per heavy atom. The molecule has 4 saturated carbocycles. The summed E-state index contributed by atoms with van der Waals surface area (Å²) in [7, 11) is 1.93. The lowest BCUT2D eigenvalue weighted by atomic mass is 9.53. The standard InChI is InChI=1S/C27H37N5O2/c1-32-25-20(24(31-32)21-7-8-23(33)30-26(21)34)5-4-6-22(25)28-9-2-3-10-29-27-14-17-11-18(15-27)13-19(12-17)16-27/h4-6,17-19,21,28-29H,2-3,7-16H2,1H3,(H,30,33,34). The number of para-hydroxylation sites is 1. The molecule has 7 rings (SSSR count). The van der Waals surface area contributed by atoms with Crippen molar-refractivity contribution < 1.29 is 9.59 Å². The van der Waals surface area contributed by atoms with E-state index in [1.165, 1.54) is 44.9 Å². The van der Waals surface area contributed by atoms with Gasteiger partial charge in [-0.25, -0.2) is 0 Å². The van der Waals surface area contributed by atoms with E-state index < -0.39 is 0 Å². The molecule has 3 N–H and O–H groups in total. The zero-order valence-corrected chi connectivity index (χ0v) is 20.2. The number of amides is 2. The molecule has 34 heavy (non-hydrogen) atoms. The smallest absolute Gasteiger partial charge is 0.235 e. The second-order valence-electron chi connectivity index (χ2n) is 11.5. The largest absolute Gasteiger partial charge is 0.383 e. The van der Waals surface area contributed by atoms with Crippen molar-refractivity contribution in [3.8, 4) is 0 Å². The average molecular weight is 464 g/mol. The summed E-state index contributed by atoms with van der Waals surface area (Å²) in [5.74, 6) is 2.18. The third-order valence-corrected chi connectivity index (χ3v) is 8.92. The minimum atomic E-state index is -0.368. The summed E-state index contributed by atoms with van der Waals surface area (Å²) >= 11 is 0. The molecule has 7 nitrogen and oxygen atoms in total. The first-order valence-corrected chi connectivity index (χ1v) is 13.3. The summed E-state index contributed by atoms with van der Waals surface area (Å²) in [5, 5.41) is 15.8. The molecule has 5 aliphatic rings. The van der Waals surface area contributed by atoms with E-state index in [-0.39, 0.29) is 17.7 Å². The number of hydrogen-bond donors (Lipinski definition) is 3. The molecule has 7 heteroatoms. The van der Waals surface area contributed by atoms with Crippen LogP contribution in [0.1, 0.15) is 75.8 Å². The van der Waals surface area contributed by atoms with Gasteiger partial charge in [0.1, 0.15) is 0 Å². The number of rotatable bonds is 8. The molecule has 1 aromatic heterocycles. The fourth-order valence-electron chi connectivity index (χ4n) is 7.87. The highest BCUT2D eigenvalue weighted by molar-refractivity contribution is 6.03. The van der Waals surface area contributed by atoms with Crippen LogP contribution < -0.4 is 16.0 Å². The lowest BCUT2D eigenvalue weighted by Gasteiger charge is -2.57. The summed E-state index contributed by atoms with van der Waals surface area (Å²) in [4.78, 5) is 24.0. The molecule has 1 saturated heterocycles. The number of hydrogen-bond acceptors (Lipinski definition) is 5. The normalized spacial score (nSPS) is 32.4. The van der Waals surface area contributed by atoms with Crippen LogP contribution in [0.15, 0.2) is 18.2 Å². The van der Waals surface area contributed by atoms with Gasteiger partial charge in [-0.1, -0.05) is 12.1 Å². The van der Waals surface area contributed by atoms with E-state index in [1.54, 1.807) is 0 Å². The predicted molar refractivity (Wildman–Crippen MR) is 132 cm³/mol. The summed E-state index contributed by atoms with van der Waals surface area (Å²) in [6, 6.07) is 6.14. The molecule has 182 valence electrons. The van der Waals surface area contributed by atoms with Crippen LogP contribution in [-0.2, 0) is 16.6 Å². The van der Waals surface area contributed by atoms with Crippen molar-refractivity contribution in [2.45, 2.75) is 75.7 Å². The monoisotopic (exact) mass is 463 g/mol. The van der Waals surface area contributed by atoms with E-state index in [4.69, 9.17) is 5.10 Å². The van der Waals surface area contributed by atoms with Gasteiger partial charge in [0, 0.05) is 30.9 Å². The quantitative estimate of drug-likeness (QED) is 0.409. The number of piperidine rings is 1. The maximum atomic E-state index is 12.4. The van der Waals surface area contributed by atoms with Gasteiger partial charge in [0.2, 0.25) is 11.8 Å². The van der Waals surface area contributed by atoms with Gasteiger partial charge in [0.25, 0.3) is 0 Å². The topological polar surface area (TPSA) is 88.0 Å². The minimum Gasteiger partial charge on any atom is -0.383 e. The van der Waals surface area contributed by atoms with Crippen molar-refractivity contribution in [3.63, 3.8) is 0 Å². The highest BCUT2D eigenvalue weighted by atomic mass is 16.2. The van der Waals surface area contributed by atoms with Crippen LogP contribution in [0.25, 0.3) is 10.9 Å². The van der Waals surface area contributed by atoms with Crippen LogP contribution in [0.2, 0.25) is 0 Å². The molecule has 0 spiro atoms. The first kappa shape index (κ1) is 22.1. The number of carbonyl (C=O) groups excluding carboxylic acids is 2. The number of aromatic nitrogens is 2. The zero-order valence-electron chi connectivity index (χ0n) is 20.2. The molecule has 4 aliphatic carbocycles. The Kier molecular flexibility index (Phi) is 5.63. The number of imide groups is 1. The van der Waals surface area contributed by atoms with Gasteiger partial charge in [-0.05, 0) is 88.2 Å². The van der Waals surface area contributed by atoms with Crippen molar-refractivity contribution in [2.75, 3.05) is 18.4 Å². The van der Waals surface area contributed by atoms with E-state index >= 15 is 0 Å². The van der Waals surface area contributed by atoms with Gasteiger partial charge in [-0.2, -0.15) is 5.10 Å². The Morgan fingerprint density at radius 2 is 1.76 bits per heavy atom. The van der Waals surface area contributed by atoms with Gasteiger partial charge < -0.3 is 10.6 Å². The van der Waals surface area contributed by atoms with Crippen LogP contribution in [-0.4, -0.2) is 40.2 Å². The summed E-state index contributed by atoms with van der Waals surface area (Å²) in [5.41, 5.74) is 3.30. The average Bonchev–Trinajstić information content (AvgIpc) is 3.12. The molecule has 5 fully saturated rings. The number of fused-ring (bicyclic) bond motifs is 1. The number of benzene rings is 1. The Balaban J connectivity index is 1.04. The molecule has 1 atom stereocenters. The number of carbonyl (C=O) groups is 2. The first-order valence-electron chi connectivity index (χ1n) is 13.3. The summed E-state index contributed by atoms with van der Waals surface area (Å²) in [6.07, 6.45) is 11.9. The molecule has 1 unspecified atom stereocenters. The number of anilines is 1. The molecule has 2 amide bonds. The highest BCUT2D eigenvalue weighted by Crippen LogP contribution is 2.55. The molecule has 1 aromatic carbocycles. The van der Waals surface area contributed by atoms with Gasteiger partial charge in [0.05, 0.1) is 22.8 Å². The van der Waals surface area contributed by atoms with Gasteiger partial charge >= 0.3 is 0 Å². The van der Waals surface area contributed by atoms with Crippen LogP contribution in [0.4, 0.5) is 5.69 Å². The van der Waals surface area contributed by atoms with Crippen molar-refractivity contribution >= 4 is 28.4 Å². The third kappa shape index (κ3) is 4.02. The lowest BCUT2D eigenvalue weighted by molar-refractivity contribution is -0.134. The Bertz CT molecular complexity index is 1070. The highest BCUT2D eigenvalue weighted by Gasteiger charge is 2.50. The van der Waals surface area contributed by atoms with E-state index in [1.807, 2.05) is 23.9 Å². The van der Waals surface area contributed by atoms with Gasteiger partial charge in [-0.15, -0.1) is 0 Å². The second-order valence-corrected chi connectivity index (χ2v) is 11.5. The van der Waals surface area contributed by atoms with E-state index in [2.05, 4.69) is 22.0 Å². The van der Waals surface area contributed by atoms with Crippen LogP contribution >= 0.6 is 0 Å². The fraction of sp³-hybridized carbons (Fsp3) is 0.667. The van der Waals surface area contributed by atoms with E-state index in [0.717, 1.165) is 59.5 Å². The van der Waals surface area contributed by atoms with Gasteiger partial charge in [-0.3, -0.25) is 19.6 Å². The zero-order chi connectivity index (χ0) is 23.3. The Hall–Kier alpha value is -2.41. The molecule has 1 aliphatic heterocycles. The van der Waals surface area contributed by atoms with E-state index in [9.17, 15) is 9.59 Å². The minimum absolute atomic E-state index is 0.193. The number of nitrogens with one attached hydrogen (secondary N) is 3. The number of aryl methyl sites for hydroxylation is 1. The lowest BCUT2D eigenvalue weighted by Crippen LogP contribution is -2.58. The number of nitrogens with zero attached hydrogens (tertiary/aromatic N) is 2. The van der Waals surface area contributed by atoms with Crippen molar-refractivity contribution in [2.24, 2.45) is 24.8 Å². The fourth-order valence-corrected chi connectivity index (χ4v) is 7.87. The molecular weight excluding hydrogens is 426 g/mol. The second kappa shape index (κ2) is 8.67. The van der Waals surface area contributed by atoms with Gasteiger partial charge in [0.15, 0.2) is 0 Å². The van der Waals surface area contributed by atoms with Crippen molar-refractivity contribution in [1.82, 2.24) is 20.4 Å². The number of unbranched alkanes of at least 4 members (excludes halogenated alkanes) is 1. The first-order chi connectivity index (χ1) is 16.5. The van der Waals surface area contributed by atoms with Crippen molar-refractivity contribution in [3.05, 3.63) is 23.9 Å². The molecule has 4 bridgehead atoms. The van der Waals surface area contributed by atoms with Crippen LogP contribution in [0, 0.1) is 17.8 Å². The predicted octanol–water partition coefficient (Wildman–Crippen LogP) is 3.84. The SMILES string of the molecule is Cn1nc(C2CCC(=O)NC2=O)c2cccc(NCCCCNC34CC5CC(CC(C5)C3)C4)c21. The molecular formula is C27H37N5O2. The third-order valence-electron chi connectivity index (χ3n) is 8.92. The van der Waals surface area contributed by atoms with E-state index in [0.29, 0.717) is 18.4 Å². The summed E-state index contributed by atoms with van der Waals surface area (Å²) < 4.78 is 1.87. The Labute approximate surface area is 201 Å². The van der Waals surface area contributed by atoms with Crippen LogP contribution in [0.3, 0.4) is 0 Å². The molecule has 2 aromatic rings. The van der Waals surface area contributed by atoms with Crippen molar-refractivity contribution in [1.29, 1.82) is 0 Å². The van der Waals surface area contributed by atoms with Crippen LogP contribution in [0.5, 0.6) is 0 Å². The molecule has 2 heterocycles.